The van der Waals surface area contributed by atoms with E-state index in [0.29, 0.717) is 6.42 Å². The fourth-order valence-corrected chi connectivity index (χ4v) is 1.54. The summed E-state index contributed by atoms with van der Waals surface area (Å²) >= 11 is 0. The van der Waals surface area contributed by atoms with E-state index in [2.05, 4.69) is 6.58 Å². The highest BCUT2D eigenvalue weighted by atomic mass is 16.7. The molecule has 1 rings (SSSR count). The molecule has 0 heterocycles. The minimum absolute atomic E-state index is 0.0615. The molecule has 0 unspecified atom stereocenters. The highest BCUT2D eigenvalue weighted by Crippen LogP contribution is 2.22. The normalized spacial score (nSPS) is 11.9. The molecule has 1 aromatic rings. The van der Waals surface area contributed by atoms with Crippen molar-refractivity contribution in [2.75, 3.05) is 14.2 Å². The van der Waals surface area contributed by atoms with Crippen molar-refractivity contribution in [3.05, 3.63) is 48.6 Å². The summed E-state index contributed by atoms with van der Waals surface area (Å²) in [5, 5.41) is 1.25. The van der Waals surface area contributed by atoms with Crippen LogP contribution in [0.5, 0.6) is 0 Å². The Morgan fingerprint density at radius 1 is 1.50 bits per heavy atom. The van der Waals surface area contributed by atoms with Crippen LogP contribution in [0.4, 0.5) is 0 Å². The smallest absolute Gasteiger partial charge is 0.253 e. The van der Waals surface area contributed by atoms with Gasteiger partial charge in [0.05, 0.1) is 13.0 Å². The second-order valence-electron chi connectivity index (χ2n) is 3.51. The number of likely N-dealkylation sites (N-methyl/N-ethyl adjacent to an activating group) is 1. The quantitative estimate of drug-likeness (QED) is 0.562. The third-order valence-electron chi connectivity index (χ3n) is 2.49. The number of allylic oxidation sites excluding steroid dienone is 1. The maximum atomic E-state index is 12.0. The Kier molecular flexibility index (Phi) is 4.73. The molecule has 0 fully saturated rings. The topological polar surface area (TPSA) is 29.5 Å². The summed E-state index contributed by atoms with van der Waals surface area (Å²) in [6.45, 7) is 3.68. The van der Waals surface area contributed by atoms with Crippen molar-refractivity contribution in [3.8, 4) is 0 Å². The molecule has 0 saturated carbocycles. The number of hydroxylamine groups is 2. The van der Waals surface area contributed by atoms with Gasteiger partial charge in [-0.1, -0.05) is 36.4 Å². The van der Waals surface area contributed by atoms with Crippen LogP contribution in [0.15, 0.2) is 43.0 Å². The van der Waals surface area contributed by atoms with Gasteiger partial charge < -0.3 is 0 Å². The van der Waals surface area contributed by atoms with Gasteiger partial charge in [0, 0.05) is 7.05 Å². The molecule has 16 heavy (non-hydrogen) atoms. The molecule has 1 amide bonds. The number of amides is 1. The third kappa shape index (κ3) is 2.94. The van der Waals surface area contributed by atoms with Crippen molar-refractivity contribution in [2.24, 2.45) is 0 Å². The van der Waals surface area contributed by atoms with Crippen LogP contribution in [-0.4, -0.2) is 25.1 Å². The van der Waals surface area contributed by atoms with Crippen LogP contribution in [0, 0.1) is 0 Å². The molecule has 1 atom stereocenters. The first-order chi connectivity index (χ1) is 7.70. The largest absolute Gasteiger partial charge is 0.275 e. The van der Waals surface area contributed by atoms with Gasteiger partial charge in [0.2, 0.25) is 0 Å². The number of carbonyl (C=O) groups excluding carboxylic acids is 1. The van der Waals surface area contributed by atoms with Crippen LogP contribution in [0.25, 0.3) is 0 Å². The van der Waals surface area contributed by atoms with Gasteiger partial charge in [-0.05, 0) is 12.0 Å². The highest BCUT2D eigenvalue weighted by Gasteiger charge is 2.22. The van der Waals surface area contributed by atoms with Crippen molar-refractivity contribution >= 4 is 5.91 Å². The number of benzene rings is 1. The van der Waals surface area contributed by atoms with Crippen LogP contribution >= 0.6 is 0 Å². The van der Waals surface area contributed by atoms with Crippen LogP contribution in [0.1, 0.15) is 17.9 Å². The SMILES string of the molecule is C=CC[C@H](C(=O)N(C)OC)c1ccccc1. The molecule has 86 valence electrons. The minimum Gasteiger partial charge on any atom is -0.275 e. The molecule has 0 N–H and O–H groups in total. The third-order valence-corrected chi connectivity index (χ3v) is 2.49. The summed E-state index contributed by atoms with van der Waals surface area (Å²) in [4.78, 5) is 16.9. The summed E-state index contributed by atoms with van der Waals surface area (Å²) in [5.74, 6) is -0.280. The molecule has 0 bridgehead atoms. The molecule has 0 aromatic heterocycles. The zero-order chi connectivity index (χ0) is 12.0. The Bertz CT molecular complexity index is 348. The van der Waals surface area contributed by atoms with E-state index >= 15 is 0 Å². The second kappa shape index (κ2) is 6.08. The zero-order valence-electron chi connectivity index (χ0n) is 9.72. The monoisotopic (exact) mass is 219 g/mol. The van der Waals surface area contributed by atoms with Gasteiger partial charge in [-0.25, -0.2) is 5.06 Å². The predicted molar refractivity (Wildman–Crippen MR) is 63.8 cm³/mol. The Labute approximate surface area is 96.3 Å². The van der Waals surface area contributed by atoms with Crippen molar-refractivity contribution in [3.63, 3.8) is 0 Å². The Hall–Kier alpha value is -1.61. The lowest BCUT2D eigenvalue weighted by Gasteiger charge is -2.21. The lowest BCUT2D eigenvalue weighted by molar-refractivity contribution is -0.170. The van der Waals surface area contributed by atoms with Crippen LogP contribution in [0.2, 0.25) is 0 Å². The van der Waals surface area contributed by atoms with E-state index in [1.807, 2.05) is 30.3 Å². The molecular formula is C13H17NO2. The second-order valence-corrected chi connectivity index (χ2v) is 3.51. The van der Waals surface area contributed by atoms with Crippen LogP contribution in [-0.2, 0) is 9.63 Å². The van der Waals surface area contributed by atoms with E-state index < -0.39 is 0 Å². The summed E-state index contributed by atoms with van der Waals surface area (Å²) in [5.41, 5.74) is 0.983. The van der Waals surface area contributed by atoms with Crippen molar-refractivity contribution in [1.82, 2.24) is 5.06 Å². The minimum atomic E-state index is -0.219. The summed E-state index contributed by atoms with van der Waals surface area (Å²) < 4.78 is 0. The van der Waals surface area contributed by atoms with Gasteiger partial charge >= 0.3 is 0 Å². The maximum absolute atomic E-state index is 12.0. The Balaban J connectivity index is 2.91. The molecule has 0 aliphatic heterocycles. The summed E-state index contributed by atoms with van der Waals surface area (Å²) in [6, 6.07) is 9.65. The van der Waals surface area contributed by atoms with E-state index in [0.717, 1.165) is 5.56 Å². The fraction of sp³-hybridized carbons (Fsp3) is 0.308. The first-order valence-electron chi connectivity index (χ1n) is 5.18. The van der Waals surface area contributed by atoms with Crippen molar-refractivity contribution < 1.29 is 9.63 Å². The Morgan fingerprint density at radius 3 is 2.62 bits per heavy atom. The molecule has 0 aliphatic carbocycles. The summed E-state index contributed by atoms with van der Waals surface area (Å²) in [6.07, 6.45) is 2.36. The van der Waals surface area contributed by atoms with Crippen LogP contribution < -0.4 is 0 Å². The van der Waals surface area contributed by atoms with Gasteiger partial charge in [-0.15, -0.1) is 6.58 Å². The fourth-order valence-electron chi connectivity index (χ4n) is 1.54. The standard InChI is InChI=1S/C13H17NO2/c1-4-8-12(13(15)14(2)16-3)11-9-6-5-7-10-11/h4-7,9-10,12H,1,8H2,2-3H3/t12-/m0/s1. The summed E-state index contributed by atoms with van der Waals surface area (Å²) in [7, 11) is 3.09. The van der Waals surface area contributed by atoms with Gasteiger partial charge in [-0.2, -0.15) is 0 Å². The number of hydrogen-bond donors (Lipinski definition) is 0. The van der Waals surface area contributed by atoms with E-state index in [1.54, 1.807) is 13.1 Å². The molecule has 1 aromatic carbocycles. The molecule has 0 spiro atoms. The molecule has 0 radical (unpaired) electrons. The van der Waals surface area contributed by atoms with E-state index in [-0.39, 0.29) is 11.8 Å². The van der Waals surface area contributed by atoms with E-state index in [4.69, 9.17) is 4.84 Å². The zero-order valence-corrected chi connectivity index (χ0v) is 9.72. The predicted octanol–water partition coefficient (Wildman–Crippen LogP) is 2.37. The van der Waals surface area contributed by atoms with Crippen LogP contribution in [0.3, 0.4) is 0 Å². The number of rotatable bonds is 5. The van der Waals surface area contributed by atoms with Crippen molar-refractivity contribution in [1.29, 1.82) is 0 Å². The molecule has 0 saturated heterocycles. The Morgan fingerprint density at radius 2 is 2.12 bits per heavy atom. The first-order valence-corrected chi connectivity index (χ1v) is 5.18. The molecular weight excluding hydrogens is 202 g/mol. The number of carbonyl (C=O) groups is 1. The van der Waals surface area contributed by atoms with Crippen molar-refractivity contribution in [2.45, 2.75) is 12.3 Å². The van der Waals surface area contributed by atoms with Gasteiger partial charge in [0.25, 0.3) is 5.91 Å². The van der Waals surface area contributed by atoms with Gasteiger partial charge in [0.1, 0.15) is 0 Å². The molecule has 0 aliphatic rings. The van der Waals surface area contributed by atoms with E-state index in [1.165, 1.54) is 12.2 Å². The highest BCUT2D eigenvalue weighted by molar-refractivity contribution is 5.82. The lowest BCUT2D eigenvalue weighted by Crippen LogP contribution is -2.30. The maximum Gasteiger partial charge on any atom is 0.253 e. The number of hydrogen-bond acceptors (Lipinski definition) is 2. The first kappa shape index (κ1) is 12.5. The molecule has 3 heteroatoms. The molecule has 3 nitrogen and oxygen atoms in total. The van der Waals surface area contributed by atoms with Gasteiger partial charge in [0.15, 0.2) is 0 Å². The average molecular weight is 219 g/mol. The van der Waals surface area contributed by atoms with E-state index in [9.17, 15) is 4.79 Å². The average Bonchev–Trinajstić information content (AvgIpc) is 2.35. The lowest BCUT2D eigenvalue weighted by atomic mass is 9.95. The number of nitrogens with zero attached hydrogens (tertiary/aromatic N) is 1. The van der Waals surface area contributed by atoms with Gasteiger partial charge in [-0.3, -0.25) is 9.63 Å².